The van der Waals surface area contributed by atoms with Crippen LogP contribution in [0.2, 0.25) is 0 Å². The lowest BCUT2D eigenvalue weighted by atomic mass is 9.80. The number of nitrogens with two attached hydrogens (primary N) is 1. The summed E-state index contributed by atoms with van der Waals surface area (Å²) in [5.74, 6) is -0.0536. The maximum atomic E-state index is 11.6. The maximum absolute atomic E-state index is 11.6. The zero-order chi connectivity index (χ0) is 13.1. The molecule has 4 N–H and O–H groups in total. The van der Waals surface area contributed by atoms with Crippen LogP contribution in [0.3, 0.4) is 0 Å². The molecule has 0 saturated heterocycles. The lowest BCUT2D eigenvalue weighted by Gasteiger charge is -2.36. The molecule has 4 nitrogen and oxygen atoms in total. The summed E-state index contributed by atoms with van der Waals surface area (Å²) in [6.07, 6.45) is 3.80. The molecule has 0 spiro atoms. The number of rotatable bonds is 5. The van der Waals surface area contributed by atoms with Crippen LogP contribution in [0.4, 0.5) is 0 Å². The summed E-state index contributed by atoms with van der Waals surface area (Å²) >= 11 is 0. The van der Waals surface area contributed by atoms with Gasteiger partial charge in [-0.25, -0.2) is 0 Å². The van der Waals surface area contributed by atoms with Gasteiger partial charge in [0, 0.05) is 19.0 Å². The summed E-state index contributed by atoms with van der Waals surface area (Å²) < 4.78 is 0. The second-order valence-corrected chi connectivity index (χ2v) is 6.58. The van der Waals surface area contributed by atoms with Crippen LogP contribution in [0.5, 0.6) is 0 Å². The Balaban J connectivity index is 2.20. The van der Waals surface area contributed by atoms with E-state index in [-0.39, 0.29) is 17.4 Å². The van der Waals surface area contributed by atoms with Gasteiger partial charge in [0.1, 0.15) is 0 Å². The first-order valence-corrected chi connectivity index (χ1v) is 6.45. The highest BCUT2D eigenvalue weighted by Gasteiger charge is 2.34. The topological polar surface area (TPSA) is 75.4 Å². The molecule has 1 saturated carbocycles. The van der Waals surface area contributed by atoms with Crippen LogP contribution in [0, 0.1) is 5.41 Å². The summed E-state index contributed by atoms with van der Waals surface area (Å²) in [6.45, 7) is 6.71. The molecule has 0 aromatic carbocycles. The van der Waals surface area contributed by atoms with Gasteiger partial charge in [-0.3, -0.25) is 4.79 Å². The number of hydrogen-bond acceptors (Lipinski definition) is 3. The largest absolute Gasteiger partial charge is 0.388 e. The molecule has 4 heteroatoms. The van der Waals surface area contributed by atoms with Crippen molar-refractivity contribution in [1.29, 1.82) is 0 Å². The predicted octanol–water partition coefficient (Wildman–Crippen LogP) is 1.17. The first-order valence-electron chi connectivity index (χ1n) is 6.45. The molecule has 1 amide bonds. The smallest absolute Gasteiger partial charge is 0.221 e. The van der Waals surface area contributed by atoms with Crippen molar-refractivity contribution in [3.63, 3.8) is 0 Å². The summed E-state index contributed by atoms with van der Waals surface area (Å²) in [7, 11) is 0. The van der Waals surface area contributed by atoms with Gasteiger partial charge in [-0.2, -0.15) is 0 Å². The average molecular weight is 242 g/mol. The fourth-order valence-electron chi connectivity index (χ4n) is 2.19. The van der Waals surface area contributed by atoms with Crippen molar-refractivity contribution in [3.05, 3.63) is 0 Å². The number of amides is 1. The minimum absolute atomic E-state index is 0.0536. The van der Waals surface area contributed by atoms with Crippen LogP contribution in [-0.2, 0) is 4.79 Å². The van der Waals surface area contributed by atoms with Crippen LogP contribution in [0.15, 0.2) is 0 Å². The molecule has 100 valence electrons. The van der Waals surface area contributed by atoms with E-state index in [9.17, 15) is 9.90 Å². The minimum Gasteiger partial charge on any atom is -0.388 e. The quantitative estimate of drug-likeness (QED) is 0.677. The Bertz CT molecular complexity index is 267. The van der Waals surface area contributed by atoms with Crippen LogP contribution in [-0.4, -0.2) is 29.2 Å². The molecule has 0 radical (unpaired) electrons. The molecule has 0 aromatic heterocycles. The molecule has 1 atom stereocenters. The lowest BCUT2D eigenvalue weighted by molar-refractivity contribution is -0.124. The van der Waals surface area contributed by atoms with E-state index >= 15 is 0 Å². The number of carbonyl (C=O) groups is 1. The third-order valence-corrected chi connectivity index (χ3v) is 3.22. The molecular formula is C13H26N2O2. The van der Waals surface area contributed by atoms with Crippen LogP contribution in [0.25, 0.3) is 0 Å². The number of carbonyl (C=O) groups excluding carboxylic acids is 1. The summed E-state index contributed by atoms with van der Waals surface area (Å²) in [5, 5.41) is 12.6. The maximum Gasteiger partial charge on any atom is 0.221 e. The van der Waals surface area contributed by atoms with Crippen molar-refractivity contribution in [2.24, 2.45) is 11.1 Å². The Kier molecular flexibility index (Phi) is 4.55. The molecule has 1 rings (SSSR count). The van der Waals surface area contributed by atoms with Gasteiger partial charge < -0.3 is 16.2 Å². The Labute approximate surface area is 104 Å². The van der Waals surface area contributed by atoms with Crippen molar-refractivity contribution < 1.29 is 9.90 Å². The molecule has 17 heavy (non-hydrogen) atoms. The molecule has 0 bridgehead atoms. The van der Waals surface area contributed by atoms with Gasteiger partial charge in [0.05, 0.1) is 5.60 Å². The number of aliphatic hydroxyl groups is 1. The summed E-state index contributed by atoms with van der Waals surface area (Å²) in [4.78, 5) is 11.6. The summed E-state index contributed by atoms with van der Waals surface area (Å²) in [6, 6.07) is -0.106. The highest BCUT2D eigenvalue weighted by atomic mass is 16.3. The van der Waals surface area contributed by atoms with Crippen LogP contribution in [0.1, 0.15) is 52.9 Å². The second kappa shape index (κ2) is 5.36. The Morgan fingerprint density at radius 2 is 2.06 bits per heavy atom. The van der Waals surface area contributed by atoms with Gasteiger partial charge in [-0.15, -0.1) is 0 Å². The fourth-order valence-corrected chi connectivity index (χ4v) is 2.19. The zero-order valence-corrected chi connectivity index (χ0v) is 11.3. The molecule has 0 aliphatic heterocycles. The van der Waals surface area contributed by atoms with E-state index in [0.717, 1.165) is 25.7 Å². The zero-order valence-electron chi connectivity index (χ0n) is 11.3. The standard InChI is InChI=1S/C13H26N2O2/c1-12(2,3)8-10(14)7-11(16)15-9-13(17)5-4-6-13/h10,17H,4-9,14H2,1-3H3,(H,15,16). The number of nitrogens with one attached hydrogen (secondary N) is 1. The van der Waals surface area contributed by atoms with Crippen LogP contribution >= 0.6 is 0 Å². The van der Waals surface area contributed by atoms with E-state index in [1.54, 1.807) is 0 Å². The number of hydrogen-bond donors (Lipinski definition) is 3. The third-order valence-electron chi connectivity index (χ3n) is 3.22. The molecule has 0 heterocycles. The first-order chi connectivity index (χ1) is 7.70. The van der Waals surface area contributed by atoms with E-state index in [2.05, 4.69) is 26.1 Å². The first kappa shape index (κ1) is 14.5. The Hall–Kier alpha value is -0.610. The third kappa shape index (κ3) is 5.50. The van der Waals surface area contributed by atoms with Gasteiger partial charge in [0.15, 0.2) is 0 Å². The Morgan fingerprint density at radius 1 is 1.47 bits per heavy atom. The fraction of sp³-hybridized carbons (Fsp3) is 0.923. The van der Waals surface area contributed by atoms with E-state index in [1.165, 1.54) is 0 Å². The van der Waals surface area contributed by atoms with Crippen molar-refractivity contribution in [2.45, 2.75) is 64.5 Å². The van der Waals surface area contributed by atoms with Crippen molar-refractivity contribution >= 4 is 5.91 Å². The summed E-state index contributed by atoms with van der Waals surface area (Å²) in [5.41, 5.74) is 5.42. The molecule has 1 unspecified atom stereocenters. The minimum atomic E-state index is -0.649. The van der Waals surface area contributed by atoms with Gasteiger partial charge in [-0.1, -0.05) is 20.8 Å². The lowest BCUT2D eigenvalue weighted by Crippen LogP contribution is -2.48. The second-order valence-electron chi connectivity index (χ2n) is 6.58. The molecule has 1 fully saturated rings. The van der Waals surface area contributed by atoms with Gasteiger partial charge in [-0.05, 0) is 31.1 Å². The normalized spacial score (nSPS) is 20.5. The van der Waals surface area contributed by atoms with E-state index < -0.39 is 5.60 Å². The molecular weight excluding hydrogens is 216 g/mol. The van der Waals surface area contributed by atoms with E-state index in [1.807, 2.05) is 0 Å². The monoisotopic (exact) mass is 242 g/mol. The van der Waals surface area contributed by atoms with Crippen LogP contribution < -0.4 is 11.1 Å². The highest BCUT2D eigenvalue weighted by Crippen LogP contribution is 2.30. The van der Waals surface area contributed by atoms with Gasteiger partial charge in [0.25, 0.3) is 0 Å². The van der Waals surface area contributed by atoms with Crippen molar-refractivity contribution in [2.75, 3.05) is 6.54 Å². The SMILES string of the molecule is CC(C)(C)CC(N)CC(=O)NCC1(O)CCC1. The highest BCUT2D eigenvalue weighted by molar-refractivity contribution is 5.76. The predicted molar refractivity (Wildman–Crippen MR) is 68.5 cm³/mol. The van der Waals surface area contributed by atoms with E-state index in [4.69, 9.17) is 5.73 Å². The molecule has 1 aliphatic rings. The molecule has 0 aromatic rings. The average Bonchev–Trinajstić information content (AvgIpc) is 2.08. The molecule has 1 aliphatic carbocycles. The van der Waals surface area contributed by atoms with Crippen molar-refractivity contribution in [1.82, 2.24) is 5.32 Å². The Morgan fingerprint density at radius 3 is 2.47 bits per heavy atom. The van der Waals surface area contributed by atoms with Gasteiger partial charge in [0.2, 0.25) is 5.91 Å². The van der Waals surface area contributed by atoms with Gasteiger partial charge >= 0.3 is 0 Å². The van der Waals surface area contributed by atoms with Crippen molar-refractivity contribution in [3.8, 4) is 0 Å². The van der Waals surface area contributed by atoms with E-state index in [0.29, 0.717) is 13.0 Å².